The summed E-state index contributed by atoms with van der Waals surface area (Å²) in [6.45, 7) is 0. The van der Waals surface area contributed by atoms with Crippen molar-refractivity contribution in [2.75, 3.05) is 0 Å². The minimum Gasteiger partial charge on any atom is -0.768 e. The predicted octanol–water partition coefficient (Wildman–Crippen LogP) is 1.53. The topological polar surface area (TPSA) is 53.0 Å². The molecule has 1 aromatic carbocycles. The molecule has 0 radical (unpaired) electrons. The number of rotatable bonds is 1. The van der Waals surface area contributed by atoms with Crippen molar-refractivity contribution in [1.29, 1.82) is 0 Å². The molecule has 0 fully saturated rings. The van der Waals surface area contributed by atoms with Crippen LogP contribution in [0.15, 0.2) is 29.3 Å². The van der Waals surface area contributed by atoms with Gasteiger partial charge >= 0.3 is 0 Å². The van der Waals surface area contributed by atoms with Gasteiger partial charge in [-0.05, 0) is 34.7 Å². The molecule has 0 aliphatic heterocycles. The largest absolute Gasteiger partial charge is 0.768 e. The van der Waals surface area contributed by atoms with Crippen LogP contribution in [0.4, 0.5) is 0 Å². The maximum atomic E-state index is 10.6. The van der Waals surface area contributed by atoms with Gasteiger partial charge in [-0.15, -0.1) is 0 Å². The molecule has 5 heteroatoms. The standard InChI is InChI=1S/C7H5NO2S2/c9-12(10)6-2-1-5-4-8-11-7(5)3-6/h1-4H,(H,9,10)/p-1. The third-order valence-electron chi connectivity index (χ3n) is 1.52. The molecular weight excluding hydrogens is 194 g/mol. The average molecular weight is 198 g/mol. The van der Waals surface area contributed by atoms with Gasteiger partial charge in [0.25, 0.3) is 0 Å². The molecule has 0 saturated carbocycles. The van der Waals surface area contributed by atoms with Crippen molar-refractivity contribution >= 4 is 32.7 Å². The Morgan fingerprint density at radius 2 is 2.33 bits per heavy atom. The smallest absolute Gasteiger partial charge is 0.0561 e. The van der Waals surface area contributed by atoms with Gasteiger partial charge in [-0.1, -0.05) is 6.07 Å². The summed E-state index contributed by atoms with van der Waals surface area (Å²) in [6.07, 6.45) is 1.72. The lowest BCUT2D eigenvalue weighted by atomic mass is 10.3. The van der Waals surface area contributed by atoms with Gasteiger partial charge in [-0.25, -0.2) is 0 Å². The zero-order chi connectivity index (χ0) is 8.55. The van der Waals surface area contributed by atoms with Gasteiger partial charge in [-0.2, -0.15) is 4.37 Å². The van der Waals surface area contributed by atoms with Crippen molar-refractivity contribution in [2.24, 2.45) is 0 Å². The van der Waals surface area contributed by atoms with E-state index in [1.807, 2.05) is 0 Å². The van der Waals surface area contributed by atoms with E-state index >= 15 is 0 Å². The minimum absolute atomic E-state index is 0.312. The van der Waals surface area contributed by atoms with Crippen molar-refractivity contribution in [3.05, 3.63) is 24.4 Å². The van der Waals surface area contributed by atoms with E-state index in [0.717, 1.165) is 10.1 Å². The van der Waals surface area contributed by atoms with Crippen LogP contribution in [0, 0.1) is 0 Å². The molecule has 1 unspecified atom stereocenters. The fourth-order valence-electron chi connectivity index (χ4n) is 0.944. The number of fused-ring (bicyclic) bond motifs is 1. The highest BCUT2D eigenvalue weighted by Gasteiger charge is 1.97. The van der Waals surface area contributed by atoms with Crippen LogP contribution in [0.2, 0.25) is 0 Å². The van der Waals surface area contributed by atoms with E-state index in [0.29, 0.717) is 4.90 Å². The average Bonchev–Trinajstić information content (AvgIpc) is 2.49. The molecule has 3 nitrogen and oxygen atoms in total. The first-order chi connectivity index (χ1) is 5.77. The van der Waals surface area contributed by atoms with Gasteiger partial charge < -0.3 is 4.55 Å². The third-order valence-corrected chi connectivity index (χ3v) is 2.92. The summed E-state index contributed by atoms with van der Waals surface area (Å²) in [5, 5.41) is 0.981. The Morgan fingerprint density at radius 3 is 3.08 bits per heavy atom. The molecule has 0 bridgehead atoms. The summed E-state index contributed by atoms with van der Waals surface area (Å²) < 4.78 is 25.9. The maximum absolute atomic E-state index is 10.6. The van der Waals surface area contributed by atoms with Gasteiger partial charge in [0.1, 0.15) is 0 Å². The van der Waals surface area contributed by atoms with E-state index < -0.39 is 11.1 Å². The van der Waals surface area contributed by atoms with E-state index in [1.165, 1.54) is 11.5 Å². The summed E-state index contributed by atoms with van der Waals surface area (Å²) >= 11 is -0.845. The Labute approximate surface area is 75.5 Å². The van der Waals surface area contributed by atoms with Gasteiger partial charge in [0, 0.05) is 16.5 Å². The molecule has 1 atom stereocenters. The molecule has 0 saturated heterocycles. The summed E-state index contributed by atoms with van der Waals surface area (Å²) in [5.74, 6) is 0. The Balaban J connectivity index is 2.68. The molecule has 2 rings (SSSR count). The molecule has 0 aliphatic rings. The molecule has 12 heavy (non-hydrogen) atoms. The lowest BCUT2D eigenvalue weighted by Crippen LogP contribution is -1.86. The van der Waals surface area contributed by atoms with Crippen LogP contribution in [0.3, 0.4) is 0 Å². The monoisotopic (exact) mass is 198 g/mol. The number of hydrogen-bond donors (Lipinski definition) is 0. The van der Waals surface area contributed by atoms with Crippen LogP contribution in [-0.2, 0) is 11.1 Å². The van der Waals surface area contributed by atoms with Crippen LogP contribution in [-0.4, -0.2) is 13.1 Å². The normalized spacial score (nSPS) is 13.4. The quantitative estimate of drug-likeness (QED) is 0.653. The number of hydrogen-bond acceptors (Lipinski definition) is 4. The molecule has 62 valence electrons. The van der Waals surface area contributed by atoms with Crippen molar-refractivity contribution in [2.45, 2.75) is 4.90 Å². The van der Waals surface area contributed by atoms with E-state index in [2.05, 4.69) is 4.37 Å². The Kier molecular flexibility index (Phi) is 1.92. The molecule has 1 aromatic heterocycles. The van der Waals surface area contributed by atoms with Crippen LogP contribution in [0.25, 0.3) is 10.1 Å². The number of nitrogens with zero attached hydrogens (tertiary/aromatic N) is 1. The van der Waals surface area contributed by atoms with Gasteiger partial charge in [0.2, 0.25) is 0 Å². The first-order valence-corrected chi connectivity index (χ1v) is 5.06. The fourth-order valence-corrected chi connectivity index (χ4v) is 2.10. The lowest BCUT2D eigenvalue weighted by Gasteiger charge is -2.03. The third kappa shape index (κ3) is 1.26. The van der Waals surface area contributed by atoms with Crippen molar-refractivity contribution in [3.63, 3.8) is 0 Å². The summed E-state index contributed by atoms with van der Waals surface area (Å²) in [4.78, 5) is 0.312. The SMILES string of the molecule is O=S([O-])c1ccc2cnsc2c1. The van der Waals surface area contributed by atoms with Crippen LogP contribution in [0.1, 0.15) is 0 Å². The highest BCUT2D eigenvalue weighted by atomic mass is 32.2. The Morgan fingerprint density at radius 1 is 1.50 bits per heavy atom. The molecule has 0 spiro atoms. The maximum Gasteiger partial charge on any atom is 0.0561 e. The molecule has 0 aliphatic carbocycles. The zero-order valence-corrected chi connectivity index (χ0v) is 7.52. The lowest BCUT2D eigenvalue weighted by molar-refractivity contribution is 0.537. The zero-order valence-electron chi connectivity index (χ0n) is 5.89. The number of aromatic nitrogens is 1. The molecule has 0 N–H and O–H groups in total. The van der Waals surface area contributed by atoms with Gasteiger partial charge in [0.15, 0.2) is 0 Å². The van der Waals surface area contributed by atoms with Gasteiger partial charge in [-0.3, -0.25) is 4.21 Å². The number of benzene rings is 1. The minimum atomic E-state index is -2.14. The molecule has 0 amide bonds. The van der Waals surface area contributed by atoms with Crippen LogP contribution >= 0.6 is 11.5 Å². The summed E-state index contributed by atoms with van der Waals surface area (Å²) in [7, 11) is 0. The van der Waals surface area contributed by atoms with E-state index in [4.69, 9.17) is 0 Å². The Hall–Kier alpha value is -0.780. The van der Waals surface area contributed by atoms with Crippen molar-refractivity contribution in [3.8, 4) is 0 Å². The Bertz CT molecular complexity index is 438. The van der Waals surface area contributed by atoms with Crippen molar-refractivity contribution < 1.29 is 8.76 Å². The second kappa shape index (κ2) is 2.93. The molecular formula is C7H4NO2S2-. The van der Waals surface area contributed by atoms with E-state index in [1.54, 1.807) is 24.4 Å². The fraction of sp³-hybridized carbons (Fsp3) is 0. The van der Waals surface area contributed by atoms with Crippen LogP contribution in [0.5, 0.6) is 0 Å². The summed E-state index contributed by atoms with van der Waals surface area (Å²) in [5.41, 5.74) is 0. The molecule has 2 aromatic rings. The highest BCUT2D eigenvalue weighted by molar-refractivity contribution is 7.79. The van der Waals surface area contributed by atoms with Gasteiger partial charge in [0.05, 0.1) is 4.70 Å². The first kappa shape index (κ1) is 7.85. The predicted molar refractivity (Wildman–Crippen MR) is 46.8 cm³/mol. The second-order valence-corrected chi connectivity index (χ2v) is 4.03. The highest BCUT2D eigenvalue weighted by Crippen LogP contribution is 2.20. The summed E-state index contributed by atoms with van der Waals surface area (Å²) in [6, 6.07) is 4.94. The van der Waals surface area contributed by atoms with Crippen LogP contribution < -0.4 is 0 Å². The molecule has 1 heterocycles. The second-order valence-electron chi connectivity index (χ2n) is 2.26. The first-order valence-electron chi connectivity index (χ1n) is 3.21. The van der Waals surface area contributed by atoms with E-state index in [-0.39, 0.29) is 0 Å². The van der Waals surface area contributed by atoms with E-state index in [9.17, 15) is 8.76 Å². The van der Waals surface area contributed by atoms with Crippen molar-refractivity contribution in [1.82, 2.24) is 4.37 Å².